The first-order valence-corrected chi connectivity index (χ1v) is 17.8. The molecule has 0 aromatic heterocycles. The maximum absolute atomic E-state index is 11.9. The van der Waals surface area contributed by atoms with Crippen molar-refractivity contribution in [2.75, 3.05) is 24.6 Å². The predicted molar refractivity (Wildman–Crippen MR) is 155 cm³/mol. The maximum Gasteiger partial charge on any atom is 0.284 e. The van der Waals surface area contributed by atoms with Crippen molar-refractivity contribution < 1.29 is 25.4 Å². The Hall–Kier alpha value is 0.740. The molecule has 11 heteroatoms. The average Bonchev–Trinajstić information content (AvgIpc) is 2.84. The van der Waals surface area contributed by atoms with E-state index in [1.165, 1.54) is 89.9 Å². The standard InChI is InChI=1S/C26H56N2O6S2.Na/c1-3-5-7-9-11-13-15-17-19-21-23-27-33-35(29,30)25-26-36(31,32)34-28-24-22-20-18-16-14-12-10-8-6-4-2;/h27-28H,3-26H2,1-2H3;. The van der Waals surface area contributed by atoms with Crippen LogP contribution < -0.4 is 11.0 Å². The Kier molecular flexibility index (Phi) is 30.5. The van der Waals surface area contributed by atoms with E-state index in [2.05, 4.69) is 24.8 Å². The third-order valence-electron chi connectivity index (χ3n) is 6.22. The number of hydrogen-bond acceptors (Lipinski definition) is 8. The van der Waals surface area contributed by atoms with Crippen molar-refractivity contribution >= 4 is 49.8 Å². The second kappa shape index (κ2) is 28.3. The van der Waals surface area contributed by atoms with Crippen LogP contribution in [0.25, 0.3) is 0 Å². The summed E-state index contributed by atoms with van der Waals surface area (Å²) in [5.41, 5.74) is 4.88. The van der Waals surface area contributed by atoms with Crippen molar-refractivity contribution in [3.8, 4) is 0 Å². The molecule has 219 valence electrons. The number of rotatable bonds is 29. The van der Waals surface area contributed by atoms with Gasteiger partial charge in [0.25, 0.3) is 20.2 Å². The Bertz CT molecular complexity index is 621. The molecule has 0 amide bonds. The van der Waals surface area contributed by atoms with E-state index in [0.29, 0.717) is 13.1 Å². The smallest absolute Gasteiger partial charge is 0.198 e. The minimum atomic E-state index is -3.98. The fraction of sp³-hybridized carbons (Fsp3) is 1.00. The zero-order valence-corrected chi connectivity index (χ0v) is 27.9. The molecule has 0 spiro atoms. The summed E-state index contributed by atoms with van der Waals surface area (Å²) in [5.74, 6) is -1.30. The zero-order valence-electron chi connectivity index (χ0n) is 24.2. The van der Waals surface area contributed by atoms with Crippen molar-refractivity contribution in [1.29, 1.82) is 0 Å². The normalized spacial score (nSPS) is 12.1. The Morgan fingerprint density at radius 1 is 0.432 bits per heavy atom. The number of hydroxylamine groups is 2. The minimum Gasteiger partial charge on any atom is -0.198 e. The number of nitrogens with one attached hydrogen (secondary N) is 2. The van der Waals surface area contributed by atoms with Gasteiger partial charge in [0.05, 0.1) is 11.5 Å². The molecule has 0 aliphatic carbocycles. The van der Waals surface area contributed by atoms with Gasteiger partial charge in [-0.15, -0.1) is 0 Å². The molecular formula is C26H56N2NaO6S2. The molecule has 1 radical (unpaired) electrons. The van der Waals surface area contributed by atoms with Crippen LogP contribution in [0.15, 0.2) is 0 Å². The number of hydrogen-bond donors (Lipinski definition) is 2. The molecule has 0 rings (SSSR count). The summed E-state index contributed by atoms with van der Waals surface area (Å²) in [4.78, 5) is 0. The molecule has 8 nitrogen and oxygen atoms in total. The molecule has 0 aromatic rings. The summed E-state index contributed by atoms with van der Waals surface area (Å²) in [6, 6.07) is 0. The van der Waals surface area contributed by atoms with Crippen LogP contribution in [0, 0.1) is 0 Å². The van der Waals surface area contributed by atoms with Gasteiger partial charge in [0, 0.05) is 42.6 Å². The number of unbranched alkanes of at least 4 members (excludes halogenated alkanes) is 18. The van der Waals surface area contributed by atoms with Crippen LogP contribution >= 0.6 is 0 Å². The first-order valence-electron chi connectivity index (χ1n) is 14.6. The Morgan fingerprint density at radius 2 is 0.676 bits per heavy atom. The van der Waals surface area contributed by atoms with Gasteiger partial charge in [0.2, 0.25) is 0 Å². The molecule has 0 heterocycles. The predicted octanol–water partition coefficient (Wildman–Crippen LogP) is 6.15. The topological polar surface area (TPSA) is 111 Å². The van der Waals surface area contributed by atoms with E-state index < -0.39 is 31.7 Å². The summed E-state index contributed by atoms with van der Waals surface area (Å²) in [6.07, 6.45) is 23.9. The third kappa shape index (κ3) is 31.1. The molecule has 0 aliphatic rings. The molecule has 0 aromatic carbocycles. The van der Waals surface area contributed by atoms with Crippen LogP contribution in [0.3, 0.4) is 0 Å². The van der Waals surface area contributed by atoms with Gasteiger partial charge in [-0.3, -0.25) is 0 Å². The maximum atomic E-state index is 11.9. The third-order valence-corrected chi connectivity index (χ3v) is 8.63. The summed E-state index contributed by atoms with van der Waals surface area (Å²) in [6.45, 7) is 5.27. The largest absolute Gasteiger partial charge is 0.284 e. The van der Waals surface area contributed by atoms with Crippen molar-refractivity contribution in [2.24, 2.45) is 0 Å². The van der Waals surface area contributed by atoms with Gasteiger partial charge in [-0.1, -0.05) is 129 Å². The fourth-order valence-corrected chi connectivity index (χ4v) is 6.25. The van der Waals surface area contributed by atoms with Gasteiger partial charge >= 0.3 is 0 Å². The van der Waals surface area contributed by atoms with Crippen molar-refractivity contribution in [2.45, 2.75) is 142 Å². The molecule has 37 heavy (non-hydrogen) atoms. The first-order chi connectivity index (χ1) is 17.3. The summed E-state index contributed by atoms with van der Waals surface area (Å²) >= 11 is 0. The van der Waals surface area contributed by atoms with Crippen molar-refractivity contribution in [3.63, 3.8) is 0 Å². The van der Waals surface area contributed by atoms with Gasteiger partial charge in [0.15, 0.2) is 0 Å². The van der Waals surface area contributed by atoms with Crippen molar-refractivity contribution in [3.05, 3.63) is 0 Å². The van der Waals surface area contributed by atoms with E-state index >= 15 is 0 Å². The first kappa shape index (κ1) is 39.9. The van der Waals surface area contributed by atoms with Crippen LogP contribution in [0.1, 0.15) is 142 Å². The summed E-state index contributed by atoms with van der Waals surface area (Å²) in [5, 5.41) is 0. The Balaban J connectivity index is 0. The fourth-order valence-electron chi connectivity index (χ4n) is 3.92. The van der Waals surface area contributed by atoms with Crippen LogP contribution in [0.5, 0.6) is 0 Å². The minimum absolute atomic E-state index is 0. The van der Waals surface area contributed by atoms with Gasteiger partial charge < -0.3 is 0 Å². The van der Waals surface area contributed by atoms with Gasteiger partial charge in [-0.2, -0.15) is 36.4 Å². The van der Waals surface area contributed by atoms with Crippen LogP contribution in [-0.2, 0) is 28.8 Å². The van der Waals surface area contributed by atoms with E-state index in [1.807, 2.05) is 0 Å². The Morgan fingerprint density at radius 3 is 0.946 bits per heavy atom. The molecule has 0 aliphatic heterocycles. The average molecular weight is 580 g/mol. The van der Waals surface area contributed by atoms with E-state index in [1.54, 1.807) is 0 Å². The summed E-state index contributed by atoms with van der Waals surface area (Å²) < 4.78 is 57.0. The van der Waals surface area contributed by atoms with Crippen LogP contribution in [0.4, 0.5) is 0 Å². The molecule has 0 unspecified atom stereocenters. The molecule has 0 saturated carbocycles. The molecule has 0 fully saturated rings. The second-order valence-electron chi connectivity index (χ2n) is 9.84. The quantitative estimate of drug-likeness (QED) is 0.0617. The molecule has 0 atom stereocenters. The van der Waals surface area contributed by atoms with Gasteiger partial charge in [-0.05, 0) is 12.8 Å². The van der Waals surface area contributed by atoms with E-state index in [4.69, 9.17) is 8.57 Å². The zero-order chi connectivity index (χ0) is 26.8. The van der Waals surface area contributed by atoms with E-state index in [0.717, 1.165) is 38.5 Å². The SMILES string of the molecule is CCCCCCCCCCCCNOS(=O)(=O)CCS(=O)(=O)ONCCCCCCCCCCCC.[Na]. The summed E-state index contributed by atoms with van der Waals surface area (Å²) in [7, 11) is -7.96. The molecule has 0 saturated heterocycles. The molecular weight excluding hydrogens is 523 g/mol. The Labute approximate surface area is 251 Å². The van der Waals surface area contributed by atoms with E-state index in [9.17, 15) is 16.8 Å². The molecule has 0 bridgehead atoms. The van der Waals surface area contributed by atoms with E-state index in [-0.39, 0.29) is 29.6 Å². The van der Waals surface area contributed by atoms with Crippen LogP contribution in [0.2, 0.25) is 0 Å². The second-order valence-corrected chi connectivity index (χ2v) is 13.2. The van der Waals surface area contributed by atoms with Crippen LogP contribution in [-0.4, -0.2) is 71.0 Å². The van der Waals surface area contributed by atoms with Gasteiger partial charge in [-0.25, -0.2) is 0 Å². The van der Waals surface area contributed by atoms with Gasteiger partial charge in [0.1, 0.15) is 0 Å². The van der Waals surface area contributed by atoms with Crippen molar-refractivity contribution in [1.82, 2.24) is 11.0 Å². The molecule has 2 N–H and O–H groups in total. The monoisotopic (exact) mass is 579 g/mol.